The maximum atomic E-state index is 10.8. The number of hydrogen-bond donors (Lipinski definition) is 3. The average Bonchev–Trinajstić information content (AvgIpc) is 2.21. The van der Waals surface area contributed by atoms with Gasteiger partial charge < -0.3 is 15.5 Å². The second kappa shape index (κ2) is 9.15. The second-order valence-electron chi connectivity index (χ2n) is 3.84. The third kappa shape index (κ3) is 8.23. The molecule has 5 nitrogen and oxygen atoms in total. The number of carboxylic acid groups (broad SMARTS) is 2. The van der Waals surface area contributed by atoms with E-state index in [0.29, 0.717) is 6.54 Å². The zero-order valence-corrected chi connectivity index (χ0v) is 9.74. The van der Waals surface area contributed by atoms with Gasteiger partial charge in [-0.1, -0.05) is 26.2 Å². The quantitative estimate of drug-likeness (QED) is 0.496. The lowest BCUT2D eigenvalue weighted by Crippen LogP contribution is -2.37. The Morgan fingerprint density at radius 3 is 2.38 bits per heavy atom. The van der Waals surface area contributed by atoms with Gasteiger partial charge in [-0.3, -0.25) is 9.59 Å². The molecule has 0 aliphatic rings. The van der Waals surface area contributed by atoms with Crippen LogP contribution in [-0.4, -0.2) is 34.7 Å². The summed E-state index contributed by atoms with van der Waals surface area (Å²) in [5.74, 6) is -1.93. The highest BCUT2D eigenvalue weighted by Gasteiger charge is 2.17. The number of unbranched alkanes of at least 4 members (excludes halogenated alkanes) is 3. The highest BCUT2D eigenvalue weighted by molar-refractivity contribution is 5.75. The van der Waals surface area contributed by atoms with Crippen LogP contribution in [0.3, 0.4) is 0 Å². The van der Waals surface area contributed by atoms with Crippen molar-refractivity contribution in [2.24, 2.45) is 0 Å². The van der Waals surface area contributed by atoms with E-state index in [1.165, 1.54) is 0 Å². The Morgan fingerprint density at radius 2 is 1.88 bits per heavy atom. The van der Waals surface area contributed by atoms with E-state index in [1.807, 2.05) is 0 Å². The van der Waals surface area contributed by atoms with Crippen molar-refractivity contribution in [1.29, 1.82) is 0 Å². The van der Waals surface area contributed by atoms with Crippen molar-refractivity contribution in [3.8, 4) is 0 Å². The summed E-state index contributed by atoms with van der Waals surface area (Å²) in [5.41, 5.74) is 0. The predicted octanol–water partition coefficient (Wildman–Crippen LogP) is 1.47. The van der Waals surface area contributed by atoms with Crippen molar-refractivity contribution >= 4 is 11.9 Å². The molecule has 0 amide bonds. The largest absolute Gasteiger partial charge is 0.481 e. The van der Waals surface area contributed by atoms with Crippen molar-refractivity contribution in [1.82, 2.24) is 5.32 Å². The SMILES string of the molecule is CCCCCCN[C@@H](CCC(=O)O)C(=O)O. The van der Waals surface area contributed by atoms with E-state index < -0.39 is 18.0 Å². The van der Waals surface area contributed by atoms with Gasteiger partial charge in [-0.25, -0.2) is 0 Å². The van der Waals surface area contributed by atoms with Crippen LogP contribution in [0.15, 0.2) is 0 Å². The van der Waals surface area contributed by atoms with E-state index in [2.05, 4.69) is 12.2 Å². The third-order valence-corrected chi connectivity index (χ3v) is 2.37. The van der Waals surface area contributed by atoms with Crippen molar-refractivity contribution in [2.45, 2.75) is 51.5 Å². The van der Waals surface area contributed by atoms with Crippen LogP contribution in [0.5, 0.6) is 0 Å². The fourth-order valence-corrected chi connectivity index (χ4v) is 1.41. The van der Waals surface area contributed by atoms with Crippen LogP contribution in [-0.2, 0) is 9.59 Å². The highest BCUT2D eigenvalue weighted by Crippen LogP contribution is 2.01. The first kappa shape index (κ1) is 14.9. The van der Waals surface area contributed by atoms with Crippen molar-refractivity contribution in [3.05, 3.63) is 0 Å². The first-order chi connectivity index (χ1) is 7.57. The van der Waals surface area contributed by atoms with Gasteiger partial charge in [0, 0.05) is 6.42 Å². The molecule has 0 aromatic rings. The smallest absolute Gasteiger partial charge is 0.320 e. The first-order valence-corrected chi connectivity index (χ1v) is 5.76. The Labute approximate surface area is 95.9 Å². The van der Waals surface area contributed by atoms with E-state index in [9.17, 15) is 9.59 Å². The molecule has 1 atom stereocenters. The molecule has 0 aromatic carbocycles. The van der Waals surface area contributed by atoms with Gasteiger partial charge in [0.25, 0.3) is 0 Å². The number of nitrogens with one attached hydrogen (secondary N) is 1. The normalized spacial score (nSPS) is 12.3. The molecule has 16 heavy (non-hydrogen) atoms. The summed E-state index contributed by atoms with van der Waals surface area (Å²) in [6.45, 7) is 2.75. The summed E-state index contributed by atoms with van der Waals surface area (Å²) in [5, 5.41) is 20.2. The minimum Gasteiger partial charge on any atom is -0.481 e. The van der Waals surface area contributed by atoms with Crippen LogP contribution in [0.2, 0.25) is 0 Å². The van der Waals surface area contributed by atoms with Gasteiger partial charge in [-0.15, -0.1) is 0 Å². The summed E-state index contributed by atoms with van der Waals surface area (Å²) in [4.78, 5) is 21.1. The molecule has 3 N–H and O–H groups in total. The lowest BCUT2D eigenvalue weighted by Gasteiger charge is -2.12. The average molecular weight is 231 g/mol. The molecule has 0 radical (unpaired) electrons. The minimum absolute atomic E-state index is 0.112. The van der Waals surface area contributed by atoms with Gasteiger partial charge in [0.05, 0.1) is 0 Å². The van der Waals surface area contributed by atoms with Crippen LogP contribution in [0.25, 0.3) is 0 Å². The number of hydrogen-bond acceptors (Lipinski definition) is 3. The monoisotopic (exact) mass is 231 g/mol. The van der Waals surface area contributed by atoms with E-state index in [4.69, 9.17) is 10.2 Å². The van der Waals surface area contributed by atoms with Gasteiger partial charge in [-0.2, -0.15) is 0 Å². The van der Waals surface area contributed by atoms with Gasteiger partial charge in [0.2, 0.25) is 0 Å². The molecule has 0 rings (SSSR count). The van der Waals surface area contributed by atoms with Crippen LogP contribution < -0.4 is 5.32 Å². The van der Waals surface area contributed by atoms with Crippen LogP contribution in [0.4, 0.5) is 0 Å². The van der Waals surface area contributed by atoms with E-state index in [1.54, 1.807) is 0 Å². The third-order valence-electron chi connectivity index (χ3n) is 2.37. The molecule has 0 unspecified atom stereocenters. The van der Waals surface area contributed by atoms with Crippen LogP contribution in [0, 0.1) is 0 Å². The zero-order chi connectivity index (χ0) is 12.4. The predicted molar refractivity (Wildman–Crippen MR) is 60.4 cm³/mol. The Hall–Kier alpha value is -1.10. The first-order valence-electron chi connectivity index (χ1n) is 5.76. The summed E-state index contributed by atoms with van der Waals surface area (Å²) in [6, 6.07) is -0.738. The molecule has 94 valence electrons. The fourth-order valence-electron chi connectivity index (χ4n) is 1.41. The molecule has 0 aliphatic carbocycles. The molecule has 0 heterocycles. The Bertz CT molecular complexity index is 218. The standard InChI is InChI=1S/C11H21NO4/c1-2-3-4-5-8-12-9(11(15)16)6-7-10(13)14/h9,12H,2-8H2,1H3,(H,13,14)(H,15,16)/t9-/m0/s1. The number of carbonyl (C=O) groups is 2. The van der Waals surface area contributed by atoms with Crippen LogP contribution in [0.1, 0.15) is 45.4 Å². The Balaban J connectivity index is 3.68. The molecule has 5 heteroatoms. The van der Waals surface area contributed by atoms with Crippen molar-refractivity contribution in [2.75, 3.05) is 6.54 Å². The summed E-state index contributed by atoms with van der Waals surface area (Å²) >= 11 is 0. The summed E-state index contributed by atoms with van der Waals surface area (Å²) < 4.78 is 0. The van der Waals surface area contributed by atoms with Gasteiger partial charge in [-0.05, 0) is 19.4 Å². The highest BCUT2D eigenvalue weighted by atomic mass is 16.4. The molecule has 0 saturated carbocycles. The number of carboxylic acids is 2. The lowest BCUT2D eigenvalue weighted by molar-refractivity contribution is -0.140. The van der Waals surface area contributed by atoms with Crippen LogP contribution >= 0.6 is 0 Å². The topological polar surface area (TPSA) is 86.6 Å². The summed E-state index contributed by atoms with van der Waals surface area (Å²) in [7, 11) is 0. The Morgan fingerprint density at radius 1 is 1.19 bits per heavy atom. The molecule has 0 aliphatic heterocycles. The molecular formula is C11H21NO4. The molecule has 0 spiro atoms. The van der Waals surface area contributed by atoms with Crippen molar-refractivity contribution in [3.63, 3.8) is 0 Å². The second-order valence-corrected chi connectivity index (χ2v) is 3.84. The van der Waals surface area contributed by atoms with Gasteiger partial charge >= 0.3 is 11.9 Å². The summed E-state index contributed by atoms with van der Waals surface area (Å²) in [6.07, 6.45) is 4.33. The van der Waals surface area contributed by atoms with Gasteiger partial charge in [0.15, 0.2) is 0 Å². The molecule has 0 bridgehead atoms. The minimum atomic E-state index is -0.975. The number of aliphatic carboxylic acids is 2. The van der Waals surface area contributed by atoms with Gasteiger partial charge in [0.1, 0.15) is 6.04 Å². The van der Waals surface area contributed by atoms with E-state index in [0.717, 1.165) is 25.7 Å². The van der Waals surface area contributed by atoms with Crippen molar-refractivity contribution < 1.29 is 19.8 Å². The molecule has 0 fully saturated rings. The zero-order valence-electron chi connectivity index (χ0n) is 9.74. The Kier molecular flexibility index (Phi) is 8.52. The maximum absolute atomic E-state index is 10.8. The fraction of sp³-hybridized carbons (Fsp3) is 0.818. The molecule has 0 aromatic heterocycles. The maximum Gasteiger partial charge on any atom is 0.320 e. The number of rotatable bonds is 10. The molecular weight excluding hydrogens is 210 g/mol. The molecule has 0 saturated heterocycles. The lowest BCUT2D eigenvalue weighted by atomic mass is 10.1. The van der Waals surface area contributed by atoms with E-state index in [-0.39, 0.29) is 12.8 Å². The van der Waals surface area contributed by atoms with E-state index >= 15 is 0 Å².